The average Bonchev–Trinajstić information content (AvgIpc) is 2.51. The Hall–Kier alpha value is -1.86. The van der Waals surface area contributed by atoms with Gasteiger partial charge in [0, 0.05) is 11.0 Å². The van der Waals surface area contributed by atoms with Gasteiger partial charge in [0.15, 0.2) is 0 Å². The van der Waals surface area contributed by atoms with Gasteiger partial charge in [0.05, 0.1) is 11.9 Å². The first-order valence-corrected chi connectivity index (χ1v) is 9.95. The zero-order valence-corrected chi connectivity index (χ0v) is 15.9. The molecule has 0 atom stereocenters. The molecule has 0 bridgehead atoms. The molecule has 0 saturated heterocycles. The van der Waals surface area contributed by atoms with Gasteiger partial charge >= 0.3 is 0 Å². The lowest BCUT2D eigenvalue weighted by atomic mass is 10.1. The molecule has 24 heavy (non-hydrogen) atoms. The Morgan fingerprint density at radius 1 is 1.17 bits per heavy atom. The number of amides is 1. The van der Waals surface area contributed by atoms with Crippen LogP contribution in [0.5, 0.6) is 0 Å². The molecule has 0 fully saturated rings. The molecule has 1 amide bonds. The maximum atomic E-state index is 12.2. The first-order valence-electron chi connectivity index (χ1n) is 7.31. The third-order valence-electron chi connectivity index (χ3n) is 3.37. The molecule has 2 aromatic carbocycles. The predicted molar refractivity (Wildman–Crippen MR) is 99.4 cm³/mol. The second-order valence-corrected chi connectivity index (χ2v) is 8.33. The van der Waals surface area contributed by atoms with E-state index in [9.17, 15) is 13.2 Å². The van der Waals surface area contributed by atoms with E-state index in [1.807, 2.05) is 31.2 Å². The van der Waals surface area contributed by atoms with Gasteiger partial charge < -0.3 is 5.32 Å². The zero-order valence-electron chi connectivity index (χ0n) is 13.5. The first kappa shape index (κ1) is 18.5. The van der Waals surface area contributed by atoms with E-state index in [-0.39, 0.29) is 12.5 Å². The number of carbonyl (C=O) groups is 1. The number of nitrogens with one attached hydrogen (secondary N) is 1. The lowest BCUT2D eigenvalue weighted by Crippen LogP contribution is -2.40. The van der Waals surface area contributed by atoms with Crippen LogP contribution in [-0.4, -0.2) is 27.1 Å². The third kappa shape index (κ3) is 5.35. The lowest BCUT2D eigenvalue weighted by Gasteiger charge is -2.22. The molecule has 0 unspecified atom stereocenters. The smallest absolute Gasteiger partial charge is 0.241 e. The quantitative estimate of drug-likeness (QED) is 0.795. The molecule has 5 nitrogen and oxygen atoms in total. The Morgan fingerprint density at radius 2 is 1.83 bits per heavy atom. The highest BCUT2D eigenvalue weighted by Gasteiger charge is 2.20. The zero-order chi connectivity index (χ0) is 17.7. The van der Waals surface area contributed by atoms with Crippen molar-refractivity contribution in [1.82, 2.24) is 5.32 Å². The van der Waals surface area contributed by atoms with Gasteiger partial charge in [-0.25, -0.2) is 8.42 Å². The molecule has 0 aromatic heterocycles. The minimum atomic E-state index is -3.56. The van der Waals surface area contributed by atoms with Gasteiger partial charge in [-0.05, 0) is 36.8 Å². The summed E-state index contributed by atoms with van der Waals surface area (Å²) in [6, 6.07) is 14.6. The van der Waals surface area contributed by atoms with E-state index in [4.69, 9.17) is 0 Å². The van der Waals surface area contributed by atoms with Gasteiger partial charge in [0.1, 0.15) is 6.54 Å². The molecule has 2 aromatic rings. The molecule has 7 heteroatoms. The molecule has 0 spiro atoms. The van der Waals surface area contributed by atoms with Crippen molar-refractivity contribution in [3.05, 3.63) is 64.1 Å². The summed E-state index contributed by atoms with van der Waals surface area (Å²) >= 11 is 3.31. The van der Waals surface area contributed by atoms with Crippen LogP contribution in [0.4, 0.5) is 5.69 Å². The third-order valence-corrected chi connectivity index (χ3v) is 5.04. The molecule has 2 rings (SSSR count). The number of carbonyl (C=O) groups excluding carboxylic acids is 1. The van der Waals surface area contributed by atoms with Crippen LogP contribution in [-0.2, 0) is 21.4 Å². The van der Waals surface area contributed by atoms with E-state index in [1.54, 1.807) is 24.3 Å². The van der Waals surface area contributed by atoms with E-state index >= 15 is 0 Å². The Kier molecular flexibility index (Phi) is 6.01. The molecule has 0 saturated carbocycles. The van der Waals surface area contributed by atoms with Crippen LogP contribution in [0, 0.1) is 6.92 Å². The summed E-state index contributed by atoms with van der Waals surface area (Å²) in [5, 5.41) is 2.76. The molecule has 0 aliphatic carbocycles. The summed E-state index contributed by atoms with van der Waals surface area (Å²) < 4.78 is 25.9. The van der Waals surface area contributed by atoms with Crippen molar-refractivity contribution >= 4 is 37.5 Å². The van der Waals surface area contributed by atoms with Crippen molar-refractivity contribution in [3.8, 4) is 0 Å². The second kappa shape index (κ2) is 7.81. The fraction of sp³-hybridized carbons (Fsp3) is 0.235. The number of halogens is 1. The Balaban J connectivity index is 2.06. The van der Waals surface area contributed by atoms with E-state index in [2.05, 4.69) is 21.2 Å². The number of hydrogen-bond acceptors (Lipinski definition) is 3. The minimum absolute atomic E-state index is 0.258. The second-order valence-electron chi connectivity index (χ2n) is 5.51. The fourth-order valence-electron chi connectivity index (χ4n) is 2.22. The van der Waals surface area contributed by atoms with Gasteiger partial charge in [-0.1, -0.05) is 45.8 Å². The van der Waals surface area contributed by atoms with Crippen molar-refractivity contribution in [3.63, 3.8) is 0 Å². The minimum Gasteiger partial charge on any atom is -0.350 e. The predicted octanol–water partition coefficient (Wildman–Crippen LogP) is 2.84. The number of rotatable bonds is 6. The summed E-state index contributed by atoms with van der Waals surface area (Å²) in [7, 11) is -3.56. The van der Waals surface area contributed by atoms with Crippen molar-refractivity contribution in [1.29, 1.82) is 0 Å². The number of hydrogen-bond donors (Lipinski definition) is 1. The van der Waals surface area contributed by atoms with Crippen molar-refractivity contribution in [2.24, 2.45) is 0 Å². The number of sulfonamides is 1. The highest BCUT2D eigenvalue weighted by atomic mass is 79.9. The molecule has 0 aliphatic rings. The monoisotopic (exact) mass is 410 g/mol. The Bertz CT molecular complexity index is 820. The molecular formula is C17H19BrN2O3S. The SMILES string of the molecule is Cc1cccc(CNC(=O)CN(c2ccc(Br)cc2)S(C)(=O)=O)c1. The molecule has 0 heterocycles. The molecular weight excluding hydrogens is 392 g/mol. The van der Waals surface area contributed by atoms with E-state index in [1.165, 1.54) is 0 Å². The van der Waals surface area contributed by atoms with Crippen molar-refractivity contribution in [2.45, 2.75) is 13.5 Å². The van der Waals surface area contributed by atoms with Crippen LogP contribution in [0.2, 0.25) is 0 Å². The number of aryl methyl sites for hydroxylation is 1. The van der Waals surface area contributed by atoms with Gasteiger partial charge in [-0.2, -0.15) is 0 Å². The normalized spacial score (nSPS) is 11.1. The summed E-state index contributed by atoms with van der Waals surface area (Å²) in [6.45, 7) is 2.08. The van der Waals surface area contributed by atoms with Crippen molar-refractivity contribution < 1.29 is 13.2 Å². The summed E-state index contributed by atoms with van der Waals surface area (Å²) in [5.41, 5.74) is 2.53. The Morgan fingerprint density at radius 3 is 2.42 bits per heavy atom. The lowest BCUT2D eigenvalue weighted by molar-refractivity contribution is -0.119. The molecule has 128 valence electrons. The fourth-order valence-corrected chi connectivity index (χ4v) is 3.34. The van der Waals surface area contributed by atoms with E-state index in [0.717, 1.165) is 26.2 Å². The average molecular weight is 411 g/mol. The Labute approximate surface area is 150 Å². The van der Waals surface area contributed by atoms with Crippen LogP contribution < -0.4 is 9.62 Å². The van der Waals surface area contributed by atoms with Crippen LogP contribution in [0.15, 0.2) is 53.0 Å². The molecule has 0 radical (unpaired) electrons. The maximum Gasteiger partial charge on any atom is 0.241 e. The molecule has 1 N–H and O–H groups in total. The summed E-state index contributed by atoms with van der Waals surface area (Å²) in [6.07, 6.45) is 1.09. The van der Waals surface area contributed by atoms with Gasteiger partial charge in [0.2, 0.25) is 15.9 Å². The van der Waals surface area contributed by atoms with Crippen molar-refractivity contribution in [2.75, 3.05) is 17.1 Å². The van der Waals surface area contributed by atoms with Gasteiger partial charge in [-0.3, -0.25) is 9.10 Å². The van der Waals surface area contributed by atoms with Gasteiger partial charge in [0.25, 0.3) is 0 Å². The van der Waals surface area contributed by atoms with Crippen LogP contribution in [0.1, 0.15) is 11.1 Å². The number of anilines is 1. The number of benzene rings is 2. The van der Waals surface area contributed by atoms with Crippen LogP contribution in [0.3, 0.4) is 0 Å². The van der Waals surface area contributed by atoms with Crippen LogP contribution in [0.25, 0.3) is 0 Å². The maximum absolute atomic E-state index is 12.2. The molecule has 0 aliphatic heterocycles. The summed E-state index contributed by atoms with van der Waals surface area (Å²) in [5.74, 6) is -0.357. The summed E-state index contributed by atoms with van der Waals surface area (Å²) in [4.78, 5) is 12.2. The topological polar surface area (TPSA) is 66.5 Å². The standard InChI is InChI=1S/C17H19BrN2O3S/c1-13-4-3-5-14(10-13)11-19-17(21)12-20(24(2,22)23)16-8-6-15(18)7-9-16/h3-10H,11-12H2,1-2H3,(H,19,21). The highest BCUT2D eigenvalue weighted by molar-refractivity contribution is 9.10. The highest BCUT2D eigenvalue weighted by Crippen LogP contribution is 2.20. The largest absolute Gasteiger partial charge is 0.350 e. The van der Waals surface area contributed by atoms with E-state index < -0.39 is 10.0 Å². The van der Waals surface area contributed by atoms with Gasteiger partial charge in [-0.15, -0.1) is 0 Å². The van der Waals surface area contributed by atoms with E-state index in [0.29, 0.717) is 12.2 Å². The number of nitrogens with zero attached hydrogens (tertiary/aromatic N) is 1. The van der Waals surface area contributed by atoms with Crippen LogP contribution >= 0.6 is 15.9 Å². The first-order chi connectivity index (χ1) is 11.3.